The molecular weight excluding hydrogens is 288 g/mol. The first-order valence-electron chi connectivity index (χ1n) is 5.80. The average Bonchev–Trinajstić information content (AvgIpc) is 2.93. The van der Waals surface area contributed by atoms with Gasteiger partial charge in [-0.2, -0.15) is 9.36 Å². The van der Waals surface area contributed by atoms with Gasteiger partial charge in [-0.15, -0.1) is 0 Å². The quantitative estimate of drug-likeness (QED) is 0.431. The van der Waals surface area contributed by atoms with Crippen LogP contribution in [0.15, 0.2) is 4.79 Å². The lowest BCUT2D eigenvalue weighted by atomic mass is 10.1. The van der Waals surface area contributed by atoms with Crippen LogP contribution in [-0.2, 0) is 4.74 Å². The molecule has 20 heavy (non-hydrogen) atoms. The van der Waals surface area contributed by atoms with Crippen LogP contribution < -0.4 is 11.4 Å². The lowest BCUT2D eigenvalue weighted by Gasteiger charge is -2.12. The van der Waals surface area contributed by atoms with E-state index in [1.54, 1.807) is 0 Å². The van der Waals surface area contributed by atoms with Crippen LogP contribution in [0.25, 0.3) is 11.0 Å². The summed E-state index contributed by atoms with van der Waals surface area (Å²) in [5.41, 5.74) is 5.60. The Balaban J connectivity index is 2.09. The SMILES string of the molecule is Nc1nc(=O)[nH]c2c([C@@H]3O[C@H](CO)[C@@H](O)[C@H]3O)snc12. The van der Waals surface area contributed by atoms with Gasteiger partial charge in [-0.05, 0) is 11.5 Å². The molecule has 4 atom stereocenters. The molecule has 9 nitrogen and oxygen atoms in total. The number of nitrogens with two attached hydrogens (primary N) is 1. The van der Waals surface area contributed by atoms with Crippen molar-refractivity contribution in [1.29, 1.82) is 0 Å². The van der Waals surface area contributed by atoms with Crippen molar-refractivity contribution in [2.45, 2.75) is 24.4 Å². The number of ether oxygens (including phenoxy) is 1. The summed E-state index contributed by atoms with van der Waals surface area (Å²) in [4.78, 5) is 17.8. The van der Waals surface area contributed by atoms with E-state index in [-0.39, 0.29) is 5.82 Å². The van der Waals surface area contributed by atoms with Crippen molar-refractivity contribution in [3.05, 3.63) is 15.4 Å². The molecule has 6 N–H and O–H groups in total. The van der Waals surface area contributed by atoms with Crippen LogP contribution in [0.3, 0.4) is 0 Å². The fourth-order valence-corrected chi connectivity index (χ4v) is 3.12. The van der Waals surface area contributed by atoms with Crippen molar-refractivity contribution in [1.82, 2.24) is 14.3 Å². The smallest absolute Gasteiger partial charge is 0.347 e. The first-order chi connectivity index (χ1) is 9.52. The third-order valence-corrected chi connectivity index (χ3v) is 4.12. The van der Waals surface area contributed by atoms with E-state index in [4.69, 9.17) is 15.6 Å². The average molecular weight is 300 g/mol. The van der Waals surface area contributed by atoms with E-state index in [2.05, 4.69) is 14.3 Å². The second-order valence-electron chi connectivity index (χ2n) is 4.46. The van der Waals surface area contributed by atoms with Gasteiger partial charge < -0.3 is 30.8 Å². The summed E-state index contributed by atoms with van der Waals surface area (Å²) in [6, 6.07) is 0. The van der Waals surface area contributed by atoms with Gasteiger partial charge in [0.2, 0.25) is 0 Å². The number of aromatic nitrogens is 3. The lowest BCUT2D eigenvalue weighted by molar-refractivity contribution is -0.0215. The summed E-state index contributed by atoms with van der Waals surface area (Å²) in [6.45, 7) is -0.425. The van der Waals surface area contributed by atoms with Crippen molar-refractivity contribution in [3.63, 3.8) is 0 Å². The van der Waals surface area contributed by atoms with Crippen molar-refractivity contribution >= 4 is 28.4 Å². The van der Waals surface area contributed by atoms with Gasteiger partial charge in [0.15, 0.2) is 5.82 Å². The lowest BCUT2D eigenvalue weighted by Crippen LogP contribution is -2.32. The monoisotopic (exact) mass is 300 g/mol. The molecule has 2 aromatic heterocycles. The van der Waals surface area contributed by atoms with Crippen molar-refractivity contribution in [2.24, 2.45) is 0 Å². The van der Waals surface area contributed by atoms with E-state index in [0.29, 0.717) is 15.9 Å². The van der Waals surface area contributed by atoms with Gasteiger partial charge in [0.05, 0.1) is 17.0 Å². The third-order valence-electron chi connectivity index (χ3n) is 3.22. The maximum absolute atomic E-state index is 11.4. The Morgan fingerprint density at radius 3 is 2.80 bits per heavy atom. The van der Waals surface area contributed by atoms with Crippen molar-refractivity contribution < 1.29 is 20.1 Å². The molecule has 0 radical (unpaired) electrons. The number of nitrogens with zero attached hydrogens (tertiary/aromatic N) is 2. The molecule has 10 heteroatoms. The standard InChI is InChI=1S/C10H12N4O5S/c11-9-4-3(12-10(18)13-9)8(20-14-4)7-6(17)5(16)2(1-15)19-7/h2,5-7,15-17H,1H2,(H3,11,12,13,18)/t2-,5-,6-,7-/m1/s1. The van der Waals surface area contributed by atoms with E-state index in [9.17, 15) is 15.0 Å². The zero-order valence-corrected chi connectivity index (χ0v) is 10.9. The minimum absolute atomic E-state index is 0.0157. The maximum atomic E-state index is 11.4. The number of hydrogen-bond acceptors (Lipinski definition) is 9. The predicted octanol–water partition coefficient (Wildman–Crippen LogP) is -1.88. The van der Waals surface area contributed by atoms with Crippen LogP contribution in [0.2, 0.25) is 0 Å². The van der Waals surface area contributed by atoms with E-state index in [1.165, 1.54) is 0 Å². The van der Waals surface area contributed by atoms with Crippen molar-refractivity contribution in [3.8, 4) is 0 Å². The number of aliphatic hydroxyl groups excluding tert-OH is 3. The minimum atomic E-state index is -1.23. The molecule has 1 fully saturated rings. The molecular formula is C10H12N4O5S. The largest absolute Gasteiger partial charge is 0.394 e. The van der Waals surface area contributed by atoms with Gasteiger partial charge >= 0.3 is 5.69 Å². The number of aromatic amines is 1. The molecule has 1 aliphatic heterocycles. The Morgan fingerprint density at radius 2 is 2.15 bits per heavy atom. The summed E-state index contributed by atoms with van der Waals surface area (Å²) in [7, 11) is 0. The van der Waals surface area contributed by atoms with Gasteiger partial charge in [0.1, 0.15) is 29.9 Å². The Kier molecular flexibility index (Phi) is 3.18. The molecule has 0 amide bonds. The predicted molar refractivity (Wildman–Crippen MR) is 69.2 cm³/mol. The molecule has 0 aromatic carbocycles. The number of nitrogen functional groups attached to an aromatic ring is 1. The summed E-state index contributed by atoms with van der Waals surface area (Å²) >= 11 is 0.983. The molecule has 1 aliphatic rings. The summed E-state index contributed by atoms with van der Waals surface area (Å²) < 4.78 is 9.47. The molecule has 108 valence electrons. The summed E-state index contributed by atoms with van der Waals surface area (Å²) in [5, 5.41) is 28.8. The molecule has 0 unspecified atom stereocenters. The number of rotatable bonds is 2. The second-order valence-corrected chi connectivity index (χ2v) is 5.26. The zero-order valence-electron chi connectivity index (χ0n) is 10.1. The highest BCUT2D eigenvalue weighted by Crippen LogP contribution is 2.38. The number of nitrogens with one attached hydrogen (secondary N) is 1. The molecule has 3 heterocycles. The van der Waals surface area contributed by atoms with E-state index >= 15 is 0 Å². The third kappa shape index (κ3) is 1.89. The number of H-pyrrole nitrogens is 1. The van der Waals surface area contributed by atoms with Crippen LogP contribution in [0.5, 0.6) is 0 Å². The Morgan fingerprint density at radius 1 is 1.40 bits per heavy atom. The highest BCUT2D eigenvalue weighted by Gasteiger charge is 2.44. The minimum Gasteiger partial charge on any atom is -0.394 e. The van der Waals surface area contributed by atoms with Gasteiger partial charge in [-0.25, -0.2) is 4.79 Å². The molecule has 2 aromatic rings. The van der Waals surface area contributed by atoms with Gasteiger partial charge in [-0.1, -0.05) is 0 Å². The first-order valence-corrected chi connectivity index (χ1v) is 6.57. The molecule has 0 bridgehead atoms. The van der Waals surface area contributed by atoms with Gasteiger partial charge in [-0.3, -0.25) is 0 Å². The molecule has 0 saturated carbocycles. The summed E-state index contributed by atoms with van der Waals surface area (Å²) in [6.07, 6.45) is -4.23. The highest BCUT2D eigenvalue weighted by atomic mass is 32.1. The van der Waals surface area contributed by atoms with E-state index in [1.807, 2.05) is 0 Å². The number of hydrogen-bond donors (Lipinski definition) is 5. The Bertz CT molecular complexity index is 701. The molecule has 3 rings (SSSR count). The van der Waals surface area contributed by atoms with E-state index < -0.39 is 36.7 Å². The number of aliphatic hydroxyl groups is 3. The topological polar surface area (TPSA) is 155 Å². The van der Waals surface area contributed by atoms with Crippen LogP contribution in [0, 0.1) is 0 Å². The molecule has 1 saturated heterocycles. The fourth-order valence-electron chi connectivity index (χ4n) is 2.21. The van der Waals surface area contributed by atoms with E-state index in [0.717, 1.165) is 11.5 Å². The highest BCUT2D eigenvalue weighted by molar-refractivity contribution is 7.07. The fraction of sp³-hybridized carbons (Fsp3) is 0.500. The second kappa shape index (κ2) is 4.75. The van der Waals surface area contributed by atoms with Crippen molar-refractivity contribution in [2.75, 3.05) is 12.3 Å². The van der Waals surface area contributed by atoms with Crippen LogP contribution in [0.4, 0.5) is 5.82 Å². The zero-order chi connectivity index (χ0) is 14.4. The normalized spacial score (nSPS) is 30.1. The number of fused-ring (bicyclic) bond motifs is 1. The maximum Gasteiger partial charge on any atom is 0.347 e. The first kappa shape index (κ1) is 13.4. The van der Waals surface area contributed by atoms with Crippen LogP contribution in [0.1, 0.15) is 11.0 Å². The Hall–Kier alpha value is -1.59. The van der Waals surface area contributed by atoms with Gasteiger partial charge in [0.25, 0.3) is 0 Å². The Labute approximate surface area is 115 Å². The molecule has 0 aliphatic carbocycles. The number of anilines is 1. The molecule has 0 spiro atoms. The van der Waals surface area contributed by atoms with Crippen LogP contribution >= 0.6 is 11.5 Å². The summed E-state index contributed by atoms with van der Waals surface area (Å²) in [5.74, 6) is -0.0157. The van der Waals surface area contributed by atoms with Crippen LogP contribution in [-0.4, -0.2) is 54.6 Å². The van der Waals surface area contributed by atoms with Gasteiger partial charge in [0, 0.05) is 0 Å².